The maximum absolute atomic E-state index is 13.1. The van der Waals surface area contributed by atoms with E-state index in [2.05, 4.69) is 0 Å². The van der Waals surface area contributed by atoms with Crippen LogP contribution in [0.1, 0.15) is 31.2 Å². The SMILES string of the molecule is COc1ccc(-c2nn(-c3ccccc3)cc2/C=C2\SC(=S)N(CCCCCC(=O)O)C2=O)cc1Cl. The summed E-state index contributed by atoms with van der Waals surface area (Å²) in [6, 6.07) is 15.2. The number of methoxy groups -OCH3 is 1. The fourth-order valence-corrected chi connectivity index (χ4v) is 5.36. The lowest BCUT2D eigenvalue weighted by Crippen LogP contribution is -2.29. The molecule has 1 fully saturated rings. The van der Waals surface area contributed by atoms with Crippen molar-refractivity contribution in [3.05, 3.63) is 70.2 Å². The van der Waals surface area contributed by atoms with Crippen LogP contribution in [-0.4, -0.2) is 49.6 Å². The van der Waals surface area contributed by atoms with Gasteiger partial charge in [-0.05, 0) is 49.2 Å². The molecule has 0 spiro atoms. The summed E-state index contributed by atoms with van der Waals surface area (Å²) < 4.78 is 7.54. The molecule has 1 aromatic heterocycles. The highest BCUT2D eigenvalue weighted by molar-refractivity contribution is 8.26. The van der Waals surface area contributed by atoms with Gasteiger partial charge in [0.2, 0.25) is 0 Å². The van der Waals surface area contributed by atoms with Crippen molar-refractivity contribution in [1.82, 2.24) is 14.7 Å². The molecule has 2 heterocycles. The van der Waals surface area contributed by atoms with Gasteiger partial charge in [-0.1, -0.05) is 60.2 Å². The lowest BCUT2D eigenvalue weighted by atomic mass is 10.1. The van der Waals surface area contributed by atoms with Crippen molar-refractivity contribution in [2.24, 2.45) is 0 Å². The second-order valence-corrected chi connectivity index (χ2v) is 10.2. The molecule has 1 aliphatic rings. The van der Waals surface area contributed by atoms with Gasteiger partial charge in [0, 0.05) is 30.3 Å². The number of carbonyl (C=O) groups is 2. The molecule has 4 rings (SSSR count). The molecule has 2 aromatic carbocycles. The molecular weight excluding hydrogens is 518 g/mol. The fourth-order valence-electron chi connectivity index (χ4n) is 3.80. The number of carbonyl (C=O) groups excluding carboxylic acids is 1. The molecule has 3 aromatic rings. The molecule has 1 saturated heterocycles. The van der Waals surface area contributed by atoms with Gasteiger partial charge in [0.1, 0.15) is 15.8 Å². The van der Waals surface area contributed by atoms with Crippen molar-refractivity contribution in [1.29, 1.82) is 0 Å². The van der Waals surface area contributed by atoms with E-state index >= 15 is 0 Å². The molecule has 0 saturated carbocycles. The topological polar surface area (TPSA) is 84.7 Å². The van der Waals surface area contributed by atoms with Gasteiger partial charge in [-0.25, -0.2) is 4.68 Å². The number of halogens is 1. The molecule has 0 unspecified atom stereocenters. The van der Waals surface area contributed by atoms with Crippen LogP contribution in [0.15, 0.2) is 59.6 Å². The zero-order valence-electron chi connectivity index (χ0n) is 19.5. The maximum Gasteiger partial charge on any atom is 0.303 e. The molecule has 10 heteroatoms. The maximum atomic E-state index is 13.1. The quantitative estimate of drug-likeness (QED) is 0.190. The number of amides is 1. The number of rotatable bonds is 10. The van der Waals surface area contributed by atoms with Crippen LogP contribution in [0, 0.1) is 0 Å². The van der Waals surface area contributed by atoms with Crippen molar-refractivity contribution < 1.29 is 19.4 Å². The number of carboxylic acids is 1. The molecule has 1 N–H and O–H groups in total. The summed E-state index contributed by atoms with van der Waals surface area (Å²) in [6.07, 6.45) is 5.79. The largest absolute Gasteiger partial charge is 0.495 e. The van der Waals surface area contributed by atoms with Crippen LogP contribution in [0.3, 0.4) is 0 Å². The summed E-state index contributed by atoms with van der Waals surface area (Å²) in [6.45, 7) is 0.464. The van der Waals surface area contributed by atoms with Crippen LogP contribution in [0.4, 0.5) is 0 Å². The normalized spacial score (nSPS) is 14.6. The number of thioether (sulfide) groups is 1. The van der Waals surface area contributed by atoms with Crippen LogP contribution in [-0.2, 0) is 9.59 Å². The van der Waals surface area contributed by atoms with E-state index < -0.39 is 5.97 Å². The average Bonchev–Trinajstić information content (AvgIpc) is 3.40. The summed E-state index contributed by atoms with van der Waals surface area (Å²) in [5, 5.41) is 14.0. The van der Waals surface area contributed by atoms with Crippen molar-refractivity contribution in [2.75, 3.05) is 13.7 Å². The lowest BCUT2D eigenvalue weighted by Gasteiger charge is -2.13. The van der Waals surface area contributed by atoms with E-state index in [-0.39, 0.29) is 12.3 Å². The van der Waals surface area contributed by atoms with E-state index in [4.69, 9.17) is 38.8 Å². The number of unbranched alkanes of at least 4 members (excludes halogenated alkanes) is 2. The number of hydrogen-bond acceptors (Lipinski definition) is 6. The van der Waals surface area contributed by atoms with E-state index in [9.17, 15) is 9.59 Å². The Hall–Kier alpha value is -3.14. The Bertz CT molecular complexity index is 1320. The van der Waals surface area contributed by atoms with E-state index in [1.165, 1.54) is 11.8 Å². The number of hydrogen-bond donors (Lipinski definition) is 1. The second-order valence-electron chi connectivity index (χ2n) is 8.10. The predicted molar refractivity (Wildman–Crippen MR) is 147 cm³/mol. The summed E-state index contributed by atoms with van der Waals surface area (Å²) in [4.78, 5) is 25.9. The monoisotopic (exact) mass is 541 g/mol. The molecule has 0 bridgehead atoms. The summed E-state index contributed by atoms with van der Waals surface area (Å²) in [5.74, 6) is -0.406. The fraction of sp³-hybridized carbons (Fsp3) is 0.231. The summed E-state index contributed by atoms with van der Waals surface area (Å²) >= 11 is 13.1. The Morgan fingerprint density at radius 1 is 1.19 bits per heavy atom. The first-order chi connectivity index (χ1) is 17.4. The van der Waals surface area contributed by atoms with E-state index in [0.717, 1.165) is 16.8 Å². The van der Waals surface area contributed by atoms with Gasteiger partial charge in [-0.2, -0.15) is 5.10 Å². The first kappa shape index (κ1) is 25.9. The van der Waals surface area contributed by atoms with E-state index in [1.54, 1.807) is 28.8 Å². The minimum Gasteiger partial charge on any atom is -0.495 e. The number of carboxylic acid groups (broad SMARTS) is 1. The standard InChI is InChI=1S/C26H24ClN3O4S2/c1-34-21-12-11-17(14-20(21)27)24-18(16-30(28-24)19-8-4-2-5-9-19)15-22-25(33)29(26(35)36-22)13-7-3-6-10-23(31)32/h2,4-5,8-9,11-12,14-16H,3,6-7,10,13H2,1H3,(H,31,32)/b22-15-. The van der Waals surface area contributed by atoms with Crippen LogP contribution >= 0.6 is 35.6 Å². The van der Waals surface area contributed by atoms with Crippen LogP contribution in [0.5, 0.6) is 5.75 Å². The zero-order chi connectivity index (χ0) is 25.7. The van der Waals surface area contributed by atoms with Crippen molar-refractivity contribution in [2.45, 2.75) is 25.7 Å². The predicted octanol–water partition coefficient (Wildman–Crippen LogP) is 6.05. The molecule has 0 atom stereocenters. The first-order valence-electron chi connectivity index (χ1n) is 11.3. The van der Waals surface area contributed by atoms with Crippen molar-refractivity contribution in [3.63, 3.8) is 0 Å². The third kappa shape index (κ3) is 5.98. The third-order valence-electron chi connectivity index (χ3n) is 5.62. The van der Waals surface area contributed by atoms with Gasteiger partial charge in [-0.3, -0.25) is 14.5 Å². The van der Waals surface area contributed by atoms with Gasteiger partial charge in [-0.15, -0.1) is 0 Å². The Kier molecular flexibility index (Phi) is 8.45. The van der Waals surface area contributed by atoms with Gasteiger partial charge < -0.3 is 9.84 Å². The van der Waals surface area contributed by atoms with Crippen molar-refractivity contribution >= 4 is 57.9 Å². The number of aromatic nitrogens is 2. The third-order valence-corrected chi connectivity index (χ3v) is 7.29. The van der Waals surface area contributed by atoms with Gasteiger partial charge in [0.15, 0.2) is 0 Å². The Morgan fingerprint density at radius 2 is 1.97 bits per heavy atom. The molecule has 1 amide bonds. The van der Waals surface area contributed by atoms with Crippen LogP contribution in [0.25, 0.3) is 23.0 Å². The van der Waals surface area contributed by atoms with Gasteiger partial charge in [0.25, 0.3) is 5.91 Å². The number of ether oxygens (including phenoxy) is 1. The Labute approximate surface area is 223 Å². The number of nitrogens with zero attached hydrogens (tertiary/aromatic N) is 3. The van der Waals surface area contributed by atoms with Gasteiger partial charge in [0.05, 0.1) is 22.7 Å². The molecule has 36 heavy (non-hydrogen) atoms. The molecule has 1 aliphatic heterocycles. The highest BCUT2D eigenvalue weighted by Gasteiger charge is 2.32. The number of thiocarbonyl (C=S) groups is 1. The van der Waals surface area contributed by atoms with E-state index in [0.29, 0.717) is 51.5 Å². The van der Waals surface area contributed by atoms with Crippen LogP contribution in [0.2, 0.25) is 5.02 Å². The summed E-state index contributed by atoms with van der Waals surface area (Å²) in [7, 11) is 1.56. The minimum absolute atomic E-state index is 0.127. The van der Waals surface area contributed by atoms with Crippen molar-refractivity contribution in [3.8, 4) is 22.7 Å². The second kappa shape index (κ2) is 11.7. The Balaban J connectivity index is 1.62. The van der Waals surface area contributed by atoms with Gasteiger partial charge >= 0.3 is 5.97 Å². The highest BCUT2D eigenvalue weighted by atomic mass is 35.5. The summed E-state index contributed by atoms with van der Waals surface area (Å²) in [5.41, 5.74) is 3.09. The van der Waals surface area contributed by atoms with E-state index in [1.807, 2.05) is 48.7 Å². The number of aliphatic carboxylic acids is 1. The molecule has 0 radical (unpaired) electrons. The average molecular weight is 542 g/mol. The zero-order valence-corrected chi connectivity index (χ0v) is 21.9. The minimum atomic E-state index is -0.812. The molecule has 7 nitrogen and oxygen atoms in total. The molecular formula is C26H24ClN3O4S2. The molecule has 0 aliphatic carbocycles. The Morgan fingerprint density at radius 3 is 2.67 bits per heavy atom. The first-order valence-corrected chi connectivity index (χ1v) is 12.9. The lowest BCUT2D eigenvalue weighted by molar-refractivity contribution is -0.137. The number of benzene rings is 2. The highest BCUT2D eigenvalue weighted by Crippen LogP contribution is 2.36. The molecule has 186 valence electrons. The van der Waals surface area contributed by atoms with Crippen LogP contribution < -0.4 is 4.74 Å². The number of para-hydroxylation sites is 1. The smallest absolute Gasteiger partial charge is 0.303 e.